The zero-order valence-corrected chi connectivity index (χ0v) is 9.88. The van der Waals surface area contributed by atoms with Crippen LogP contribution in [0.3, 0.4) is 0 Å². The Morgan fingerprint density at radius 1 is 1.41 bits per heavy atom. The minimum absolute atomic E-state index is 0.103. The number of carboxylic acid groups (broad SMARTS) is 1. The summed E-state index contributed by atoms with van der Waals surface area (Å²) in [7, 11) is 0. The van der Waals surface area contributed by atoms with Gasteiger partial charge in [-0.2, -0.15) is 5.26 Å². The van der Waals surface area contributed by atoms with Crippen molar-refractivity contribution in [3.8, 4) is 11.8 Å². The Balaban J connectivity index is 2.68. The fraction of sp³-hybridized carbons (Fsp3) is 0.385. The van der Waals surface area contributed by atoms with Gasteiger partial charge < -0.3 is 9.84 Å². The molecule has 90 valence electrons. The lowest BCUT2D eigenvalue weighted by Gasteiger charge is -2.10. The molecule has 4 heteroatoms. The lowest BCUT2D eigenvalue weighted by molar-refractivity contribution is -0.139. The molecule has 0 aliphatic heterocycles. The van der Waals surface area contributed by atoms with Crippen LogP contribution < -0.4 is 4.74 Å². The van der Waals surface area contributed by atoms with Crippen molar-refractivity contribution in [2.75, 3.05) is 0 Å². The molecule has 0 saturated heterocycles. The molecule has 1 N–H and O–H groups in total. The molecule has 1 atom stereocenters. The third-order valence-electron chi connectivity index (χ3n) is 2.19. The Morgan fingerprint density at radius 2 is 2.00 bits per heavy atom. The number of benzene rings is 1. The van der Waals surface area contributed by atoms with Crippen molar-refractivity contribution in [3.63, 3.8) is 0 Å². The number of carboxylic acids is 1. The van der Waals surface area contributed by atoms with Crippen LogP contribution in [0.15, 0.2) is 24.3 Å². The summed E-state index contributed by atoms with van der Waals surface area (Å²) in [6.45, 7) is 3.87. The third kappa shape index (κ3) is 4.15. The van der Waals surface area contributed by atoms with Crippen molar-refractivity contribution in [2.45, 2.75) is 26.4 Å². The average Bonchev–Trinajstić information content (AvgIpc) is 2.26. The molecule has 0 aromatic heterocycles. The van der Waals surface area contributed by atoms with Crippen LogP contribution in [0.1, 0.15) is 19.4 Å². The van der Waals surface area contributed by atoms with Gasteiger partial charge in [0.1, 0.15) is 11.7 Å². The van der Waals surface area contributed by atoms with Crippen LogP contribution in [0.25, 0.3) is 0 Å². The van der Waals surface area contributed by atoms with Crippen LogP contribution >= 0.6 is 0 Å². The standard InChI is InChI=1S/C13H15NO3/c1-9(2)17-12-5-3-10(4-6-12)7-11(8-14)13(15)16/h3-6,9,11H,7H2,1-2H3,(H,15,16)/t11-/m0/s1. The predicted octanol–water partition coefficient (Wildman–Crippen LogP) is 2.24. The van der Waals surface area contributed by atoms with E-state index in [0.29, 0.717) is 0 Å². The second kappa shape index (κ2) is 5.90. The molecule has 0 amide bonds. The van der Waals surface area contributed by atoms with Crippen molar-refractivity contribution < 1.29 is 14.6 Å². The number of nitriles is 1. The first-order valence-corrected chi connectivity index (χ1v) is 5.41. The SMILES string of the molecule is CC(C)Oc1ccc(C[C@@H](C#N)C(=O)O)cc1. The van der Waals surface area contributed by atoms with Gasteiger partial charge in [-0.3, -0.25) is 4.79 Å². The van der Waals surface area contributed by atoms with Gasteiger partial charge >= 0.3 is 5.97 Å². The monoisotopic (exact) mass is 233 g/mol. The van der Waals surface area contributed by atoms with E-state index in [4.69, 9.17) is 15.1 Å². The highest BCUT2D eigenvalue weighted by molar-refractivity contribution is 5.73. The van der Waals surface area contributed by atoms with Crippen molar-refractivity contribution in [2.24, 2.45) is 5.92 Å². The summed E-state index contributed by atoms with van der Waals surface area (Å²) in [5.41, 5.74) is 0.815. The Hall–Kier alpha value is -2.02. The number of hydrogen-bond donors (Lipinski definition) is 1. The Labute approximate surface area is 100 Å². The fourth-order valence-corrected chi connectivity index (χ4v) is 1.40. The fourth-order valence-electron chi connectivity index (χ4n) is 1.40. The quantitative estimate of drug-likeness (QED) is 0.846. The maximum absolute atomic E-state index is 10.7. The lowest BCUT2D eigenvalue weighted by atomic mass is 10.0. The zero-order chi connectivity index (χ0) is 12.8. The van der Waals surface area contributed by atoms with Crippen LogP contribution in [-0.2, 0) is 11.2 Å². The van der Waals surface area contributed by atoms with Crippen molar-refractivity contribution in [1.29, 1.82) is 5.26 Å². The van der Waals surface area contributed by atoms with Crippen LogP contribution in [0.5, 0.6) is 5.75 Å². The number of carbonyl (C=O) groups is 1. The third-order valence-corrected chi connectivity index (χ3v) is 2.19. The van der Waals surface area contributed by atoms with Gasteiger partial charge in [-0.25, -0.2) is 0 Å². The number of aliphatic carboxylic acids is 1. The number of ether oxygens (including phenoxy) is 1. The molecule has 0 fully saturated rings. The summed E-state index contributed by atoms with van der Waals surface area (Å²) in [5, 5.41) is 17.4. The summed E-state index contributed by atoms with van der Waals surface area (Å²) < 4.78 is 5.47. The molecule has 17 heavy (non-hydrogen) atoms. The minimum atomic E-state index is -1.09. The predicted molar refractivity (Wildman–Crippen MR) is 62.6 cm³/mol. The van der Waals surface area contributed by atoms with Crippen LogP contribution in [0.2, 0.25) is 0 Å². The summed E-state index contributed by atoms with van der Waals surface area (Å²) in [4.78, 5) is 10.7. The second-order valence-electron chi connectivity index (χ2n) is 4.03. The number of rotatable bonds is 5. The van der Waals surface area contributed by atoms with E-state index >= 15 is 0 Å². The van der Waals surface area contributed by atoms with Gasteiger partial charge in [-0.05, 0) is 38.0 Å². The summed E-state index contributed by atoms with van der Waals surface area (Å²) in [5.74, 6) is -1.34. The molecule has 1 aromatic rings. The van der Waals surface area contributed by atoms with E-state index in [1.54, 1.807) is 30.3 Å². The van der Waals surface area contributed by atoms with Crippen molar-refractivity contribution in [3.05, 3.63) is 29.8 Å². The van der Waals surface area contributed by atoms with E-state index in [-0.39, 0.29) is 12.5 Å². The molecule has 0 saturated carbocycles. The van der Waals surface area contributed by atoms with E-state index in [1.807, 2.05) is 13.8 Å². The normalized spacial score (nSPS) is 11.9. The molecule has 0 aliphatic rings. The van der Waals surface area contributed by atoms with Crippen molar-refractivity contribution in [1.82, 2.24) is 0 Å². The highest BCUT2D eigenvalue weighted by atomic mass is 16.5. The molecule has 1 aromatic carbocycles. The molecule has 0 bridgehead atoms. The van der Waals surface area contributed by atoms with E-state index in [9.17, 15) is 4.79 Å². The molecule has 0 aliphatic carbocycles. The first-order chi connectivity index (χ1) is 8.02. The topological polar surface area (TPSA) is 70.3 Å². The Kier molecular flexibility index (Phi) is 4.53. The van der Waals surface area contributed by atoms with Gasteiger partial charge in [0, 0.05) is 0 Å². The molecule has 0 radical (unpaired) electrons. The first-order valence-electron chi connectivity index (χ1n) is 5.41. The largest absolute Gasteiger partial charge is 0.491 e. The molecular formula is C13H15NO3. The van der Waals surface area contributed by atoms with Gasteiger partial charge in [-0.1, -0.05) is 12.1 Å². The van der Waals surface area contributed by atoms with Crippen LogP contribution in [-0.4, -0.2) is 17.2 Å². The Bertz CT molecular complexity index is 417. The molecular weight excluding hydrogens is 218 g/mol. The van der Waals surface area contributed by atoms with Gasteiger partial charge in [-0.15, -0.1) is 0 Å². The maximum Gasteiger partial charge on any atom is 0.321 e. The lowest BCUT2D eigenvalue weighted by Crippen LogP contribution is -2.14. The number of hydrogen-bond acceptors (Lipinski definition) is 3. The van der Waals surface area contributed by atoms with E-state index < -0.39 is 11.9 Å². The zero-order valence-electron chi connectivity index (χ0n) is 9.88. The van der Waals surface area contributed by atoms with Gasteiger partial charge in [0.25, 0.3) is 0 Å². The molecule has 4 nitrogen and oxygen atoms in total. The van der Waals surface area contributed by atoms with E-state index in [1.165, 1.54) is 0 Å². The molecule has 0 heterocycles. The molecule has 0 spiro atoms. The van der Waals surface area contributed by atoms with Crippen LogP contribution in [0.4, 0.5) is 0 Å². The maximum atomic E-state index is 10.7. The van der Waals surface area contributed by atoms with E-state index in [0.717, 1.165) is 11.3 Å². The highest BCUT2D eigenvalue weighted by Crippen LogP contribution is 2.16. The summed E-state index contributed by atoms with van der Waals surface area (Å²) in [6, 6.07) is 8.90. The van der Waals surface area contributed by atoms with Gasteiger partial charge in [0.15, 0.2) is 0 Å². The number of nitrogens with zero attached hydrogens (tertiary/aromatic N) is 1. The second-order valence-corrected chi connectivity index (χ2v) is 4.03. The average molecular weight is 233 g/mol. The summed E-state index contributed by atoms with van der Waals surface area (Å²) >= 11 is 0. The minimum Gasteiger partial charge on any atom is -0.491 e. The highest BCUT2D eigenvalue weighted by Gasteiger charge is 2.16. The van der Waals surface area contributed by atoms with Crippen LogP contribution in [0, 0.1) is 17.2 Å². The van der Waals surface area contributed by atoms with E-state index in [2.05, 4.69) is 0 Å². The molecule has 0 unspecified atom stereocenters. The van der Waals surface area contributed by atoms with Gasteiger partial charge in [0.05, 0.1) is 12.2 Å². The van der Waals surface area contributed by atoms with Crippen molar-refractivity contribution >= 4 is 5.97 Å². The first kappa shape index (κ1) is 13.0. The Morgan fingerprint density at radius 3 is 2.41 bits per heavy atom. The van der Waals surface area contributed by atoms with Gasteiger partial charge in [0.2, 0.25) is 0 Å². The summed E-state index contributed by atoms with van der Waals surface area (Å²) in [6.07, 6.45) is 0.320. The molecule has 1 rings (SSSR count). The smallest absolute Gasteiger partial charge is 0.321 e.